The molecule has 0 bridgehead atoms. The van der Waals surface area contributed by atoms with Gasteiger partial charge in [-0.1, -0.05) is 25.3 Å². The van der Waals surface area contributed by atoms with E-state index in [0.717, 1.165) is 6.20 Å². The number of hydrogen-bond acceptors (Lipinski definition) is 4. The van der Waals surface area contributed by atoms with Gasteiger partial charge in [-0.3, -0.25) is 0 Å². The third-order valence-corrected chi connectivity index (χ3v) is 1.85. The summed E-state index contributed by atoms with van der Waals surface area (Å²) in [6.45, 7) is 7.10. The largest absolute Gasteiger partial charge is 0.379 e. The molecule has 0 aliphatic carbocycles. The fourth-order valence-electron chi connectivity index (χ4n) is 1.18. The summed E-state index contributed by atoms with van der Waals surface area (Å²) >= 11 is 0. The lowest BCUT2D eigenvalue weighted by molar-refractivity contribution is -0.392. The lowest BCUT2D eigenvalue weighted by atomic mass is 10.3. The van der Waals surface area contributed by atoms with Crippen LogP contribution >= 0.6 is 0 Å². The first-order valence-electron chi connectivity index (χ1n) is 4.23. The summed E-state index contributed by atoms with van der Waals surface area (Å²) in [7, 11) is 0. The second kappa shape index (κ2) is 4.52. The van der Waals surface area contributed by atoms with E-state index in [1.54, 1.807) is 0 Å². The van der Waals surface area contributed by atoms with Gasteiger partial charge < -0.3 is 15.2 Å². The van der Waals surface area contributed by atoms with Crippen LogP contribution in [0.25, 0.3) is 0 Å². The average Bonchev–Trinajstić information content (AvgIpc) is 2.61. The van der Waals surface area contributed by atoms with Crippen LogP contribution in [0.3, 0.4) is 0 Å². The number of aromatic nitrogens is 2. The minimum Gasteiger partial charge on any atom is -0.379 e. The Bertz CT molecular complexity index is 397. The number of hydrogen-bond donors (Lipinski definition) is 1. The SMILES string of the molecule is C=CCn1c([N+](=O)[O-])cnc1C(O)C=C. The zero-order chi connectivity index (χ0) is 11.4. The second-order valence-electron chi connectivity index (χ2n) is 2.81. The van der Waals surface area contributed by atoms with Gasteiger partial charge in [-0.25, -0.2) is 9.55 Å². The highest BCUT2D eigenvalue weighted by molar-refractivity contribution is 5.22. The maximum atomic E-state index is 10.6. The molecule has 1 unspecified atom stereocenters. The van der Waals surface area contributed by atoms with Gasteiger partial charge in [0.1, 0.15) is 12.7 Å². The molecule has 0 aliphatic rings. The predicted molar refractivity (Wildman–Crippen MR) is 54.2 cm³/mol. The molecule has 6 heteroatoms. The Balaban J connectivity index is 3.22. The van der Waals surface area contributed by atoms with Crippen LogP contribution in [0.1, 0.15) is 11.9 Å². The molecule has 0 saturated heterocycles. The van der Waals surface area contributed by atoms with Crippen molar-refractivity contribution in [2.45, 2.75) is 12.6 Å². The van der Waals surface area contributed by atoms with Crippen molar-refractivity contribution in [3.05, 3.63) is 47.4 Å². The maximum Gasteiger partial charge on any atom is 0.343 e. The van der Waals surface area contributed by atoms with E-state index >= 15 is 0 Å². The minimum absolute atomic E-state index is 0.175. The monoisotopic (exact) mass is 209 g/mol. The molecule has 0 saturated carbocycles. The van der Waals surface area contributed by atoms with Gasteiger partial charge in [-0.15, -0.1) is 0 Å². The van der Waals surface area contributed by atoms with Gasteiger partial charge in [0.2, 0.25) is 5.82 Å². The van der Waals surface area contributed by atoms with Crippen molar-refractivity contribution in [3.8, 4) is 0 Å². The number of nitrogens with zero attached hydrogens (tertiary/aromatic N) is 3. The van der Waals surface area contributed by atoms with Gasteiger partial charge >= 0.3 is 5.82 Å². The Morgan fingerprint density at radius 2 is 2.40 bits per heavy atom. The number of nitro groups is 1. The smallest absolute Gasteiger partial charge is 0.343 e. The molecule has 15 heavy (non-hydrogen) atoms. The molecular formula is C9H11N3O3. The molecule has 6 nitrogen and oxygen atoms in total. The summed E-state index contributed by atoms with van der Waals surface area (Å²) in [6, 6.07) is 0. The molecule has 0 spiro atoms. The normalized spacial score (nSPS) is 12.1. The zero-order valence-electron chi connectivity index (χ0n) is 8.04. The van der Waals surface area contributed by atoms with E-state index in [2.05, 4.69) is 18.1 Å². The zero-order valence-corrected chi connectivity index (χ0v) is 8.04. The Labute approximate surface area is 86.3 Å². The van der Waals surface area contributed by atoms with E-state index in [-0.39, 0.29) is 18.2 Å². The molecule has 1 N–H and O–H groups in total. The summed E-state index contributed by atoms with van der Waals surface area (Å²) < 4.78 is 1.28. The third-order valence-electron chi connectivity index (χ3n) is 1.85. The molecule has 0 amide bonds. The van der Waals surface area contributed by atoms with E-state index in [0.29, 0.717) is 0 Å². The van der Waals surface area contributed by atoms with Crippen LogP contribution in [-0.2, 0) is 6.54 Å². The van der Waals surface area contributed by atoms with Crippen LogP contribution in [0, 0.1) is 10.1 Å². The van der Waals surface area contributed by atoms with Gasteiger partial charge in [-0.2, -0.15) is 0 Å². The Hall–Kier alpha value is -1.95. The Kier molecular flexibility index (Phi) is 3.35. The fourth-order valence-corrected chi connectivity index (χ4v) is 1.18. The van der Waals surface area contributed by atoms with Gasteiger partial charge in [-0.05, 0) is 4.92 Å². The molecule has 1 aromatic heterocycles. The van der Waals surface area contributed by atoms with Crippen molar-refractivity contribution in [2.24, 2.45) is 0 Å². The van der Waals surface area contributed by atoms with Crippen LogP contribution in [-0.4, -0.2) is 19.6 Å². The first-order valence-corrected chi connectivity index (χ1v) is 4.23. The number of allylic oxidation sites excluding steroid dienone is 1. The minimum atomic E-state index is -1.02. The summed E-state index contributed by atoms with van der Waals surface area (Å²) in [5, 5.41) is 20.1. The van der Waals surface area contributed by atoms with Gasteiger partial charge in [0.05, 0.1) is 0 Å². The number of imidazole rings is 1. The first-order chi connectivity index (χ1) is 7.11. The van der Waals surface area contributed by atoms with Gasteiger partial charge in [0.25, 0.3) is 0 Å². The van der Waals surface area contributed by atoms with Gasteiger partial charge in [0.15, 0.2) is 6.10 Å². The highest BCUT2D eigenvalue weighted by Crippen LogP contribution is 2.19. The molecule has 0 aliphatic heterocycles. The second-order valence-corrected chi connectivity index (χ2v) is 2.81. The summed E-state index contributed by atoms with van der Waals surface area (Å²) in [5.74, 6) is 0.0161. The Morgan fingerprint density at radius 1 is 1.73 bits per heavy atom. The van der Waals surface area contributed by atoms with Crippen LogP contribution < -0.4 is 0 Å². The maximum absolute atomic E-state index is 10.6. The average molecular weight is 209 g/mol. The third kappa shape index (κ3) is 2.10. The van der Waals surface area contributed by atoms with Crippen molar-refractivity contribution >= 4 is 5.82 Å². The first kappa shape index (κ1) is 11.1. The van der Waals surface area contributed by atoms with Crippen molar-refractivity contribution in [1.82, 2.24) is 9.55 Å². The van der Waals surface area contributed by atoms with E-state index in [9.17, 15) is 15.2 Å². The molecule has 1 heterocycles. The predicted octanol–water partition coefficient (Wildman–Crippen LogP) is 1.20. The molecule has 0 fully saturated rings. The van der Waals surface area contributed by atoms with E-state index in [1.165, 1.54) is 16.7 Å². The van der Waals surface area contributed by atoms with Crippen molar-refractivity contribution in [2.75, 3.05) is 0 Å². The fraction of sp³-hybridized carbons (Fsp3) is 0.222. The van der Waals surface area contributed by atoms with Crippen LogP contribution in [0.4, 0.5) is 5.82 Å². The van der Waals surface area contributed by atoms with Crippen molar-refractivity contribution in [1.29, 1.82) is 0 Å². The molecule has 0 radical (unpaired) electrons. The van der Waals surface area contributed by atoms with Crippen molar-refractivity contribution in [3.63, 3.8) is 0 Å². The van der Waals surface area contributed by atoms with Crippen molar-refractivity contribution < 1.29 is 10.0 Å². The highest BCUT2D eigenvalue weighted by atomic mass is 16.6. The molecule has 1 rings (SSSR count). The van der Waals surface area contributed by atoms with E-state index in [4.69, 9.17) is 0 Å². The molecule has 1 aromatic rings. The van der Waals surface area contributed by atoms with E-state index < -0.39 is 11.0 Å². The van der Waals surface area contributed by atoms with Crippen LogP contribution in [0.5, 0.6) is 0 Å². The van der Waals surface area contributed by atoms with E-state index in [1.807, 2.05) is 0 Å². The summed E-state index contributed by atoms with van der Waals surface area (Å²) in [4.78, 5) is 13.8. The highest BCUT2D eigenvalue weighted by Gasteiger charge is 2.22. The van der Waals surface area contributed by atoms with Crippen LogP contribution in [0.2, 0.25) is 0 Å². The molecule has 0 aromatic carbocycles. The lowest BCUT2D eigenvalue weighted by Crippen LogP contribution is -2.08. The van der Waals surface area contributed by atoms with Gasteiger partial charge in [0, 0.05) is 0 Å². The Morgan fingerprint density at radius 3 is 2.87 bits per heavy atom. The lowest BCUT2D eigenvalue weighted by Gasteiger charge is -2.04. The topological polar surface area (TPSA) is 81.2 Å². The van der Waals surface area contributed by atoms with Crippen LogP contribution in [0.15, 0.2) is 31.5 Å². The number of rotatable bonds is 5. The molecule has 1 atom stereocenters. The quantitative estimate of drug-likeness (QED) is 0.448. The summed E-state index contributed by atoms with van der Waals surface area (Å²) in [6.07, 6.45) is 2.84. The summed E-state index contributed by atoms with van der Waals surface area (Å²) in [5.41, 5.74) is 0. The molecular weight excluding hydrogens is 198 g/mol. The number of aliphatic hydroxyl groups excluding tert-OH is 1. The number of aliphatic hydroxyl groups is 1. The standard InChI is InChI=1S/C9H11N3O3/c1-3-5-11-8(12(14)15)6-10-9(11)7(13)4-2/h3-4,6-7,13H,1-2,5H2. The molecule has 80 valence electrons.